The first-order chi connectivity index (χ1) is 13.1. The van der Waals surface area contributed by atoms with Crippen molar-refractivity contribution in [3.05, 3.63) is 59.4 Å². The third kappa shape index (κ3) is 3.66. The minimum atomic E-state index is -0.136. The van der Waals surface area contributed by atoms with Crippen molar-refractivity contribution in [2.45, 2.75) is 4.90 Å². The SMILES string of the molecule is CN=Cc1cnc(C(=O)c2cccc(SC)c2)c2cc(OC)c(OC)cc12. The highest BCUT2D eigenvalue weighted by molar-refractivity contribution is 7.98. The number of ketones is 1. The van der Waals surface area contributed by atoms with Gasteiger partial charge in [-0.25, -0.2) is 0 Å². The van der Waals surface area contributed by atoms with Crippen LogP contribution in [-0.2, 0) is 0 Å². The van der Waals surface area contributed by atoms with Crippen LogP contribution in [-0.4, -0.2) is 44.5 Å². The van der Waals surface area contributed by atoms with E-state index in [-0.39, 0.29) is 5.78 Å². The van der Waals surface area contributed by atoms with E-state index in [9.17, 15) is 4.79 Å². The van der Waals surface area contributed by atoms with Crippen molar-refractivity contribution in [1.29, 1.82) is 0 Å². The summed E-state index contributed by atoms with van der Waals surface area (Å²) in [5, 5.41) is 1.53. The van der Waals surface area contributed by atoms with Crippen LogP contribution in [0.25, 0.3) is 10.8 Å². The van der Waals surface area contributed by atoms with Gasteiger partial charge < -0.3 is 9.47 Å². The first-order valence-electron chi connectivity index (χ1n) is 8.28. The fourth-order valence-electron chi connectivity index (χ4n) is 2.91. The van der Waals surface area contributed by atoms with E-state index < -0.39 is 0 Å². The topological polar surface area (TPSA) is 60.8 Å². The second-order valence-electron chi connectivity index (χ2n) is 5.76. The van der Waals surface area contributed by atoms with Gasteiger partial charge in [0.1, 0.15) is 5.69 Å². The molecule has 0 aliphatic carbocycles. The van der Waals surface area contributed by atoms with E-state index in [4.69, 9.17) is 9.47 Å². The summed E-state index contributed by atoms with van der Waals surface area (Å²) in [7, 11) is 4.84. The van der Waals surface area contributed by atoms with E-state index >= 15 is 0 Å². The van der Waals surface area contributed by atoms with Crippen LogP contribution >= 0.6 is 11.8 Å². The molecule has 0 N–H and O–H groups in total. The molecular weight excluding hydrogens is 360 g/mol. The Kier molecular flexibility index (Phi) is 5.76. The van der Waals surface area contributed by atoms with Gasteiger partial charge in [0.15, 0.2) is 11.5 Å². The van der Waals surface area contributed by atoms with Gasteiger partial charge in [0.25, 0.3) is 0 Å². The third-order valence-corrected chi connectivity index (χ3v) is 4.96. The van der Waals surface area contributed by atoms with Gasteiger partial charge in [0, 0.05) is 40.9 Å². The lowest BCUT2D eigenvalue weighted by atomic mass is 9.99. The van der Waals surface area contributed by atoms with Crippen LogP contribution < -0.4 is 9.47 Å². The van der Waals surface area contributed by atoms with E-state index in [0.717, 1.165) is 15.8 Å². The van der Waals surface area contributed by atoms with Crippen LogP contribution in [0.5, 0.6) is 11.5 Å². The Morgan fingerprint density at radius 1 is 1.11 bits per heavy atom. The summed E-state index contributed by atoms with van der Waals surface area (Å²) in [5.41, 5.74) is 1.78. The number of carbonyl (C=O) groups is 1. The van der Waals surface area contributed by atoms with Gasteiger partial charge >= 0.3 is 0 Å². The summed E-state index contributed by atoms with van der Waals surface area (Å²) >= 11 is 1.59. The van der Waals surface area contributed by atoms with Gasteiger partial charge in [-0.2, -0.15) is 0 Å². The number of fused-ring (bicyclic) bond motifs is 1. The molecule has 0 atom stereocenters. The minimum absolute atomic E-state index is 0.136. The van der Waals surface area contributed by atoms with E-state index in [2.05, 4.69) is 9.98 Å². The molecule has 1 heterocycles. The lowest BCUT2D eigenvalue weighted by Gasteiger charge is -2.13. The van der Waals surface area contributed by atoms with Crippen LogP contribution in [0, 0.1) is 0 Å². The number of carbonyl (C=O) groups excluding carboxylic acids is 1. The molecular formula is C21H20N2O3S. The summed E-state index contributed by atoms with van der Waals surface area (Å²) in [6.07, 6.45) is 5.35. The van der Waals surface area contributed by atoms with Crippen molar-refractivity contribution in [2.75, 3.05) is 27.5 Å². The summed E-state index contributed by atoms with van der Waals surface area (Å²) < 4.78 is 10.8. The van der Waals surface area contributed by atoms with Crippen molar-refractivity contribution in [3.8, 4) is 11.5 Å². The molecule has 0 aliphatic rings. The molecule has 138 valence electrons. The summed E-state index contributed by atoms with van der Waals surface area (Å²) in [4.78, 5) is 22.7. The largest absolute Gasteiger partial charge is 0.493 e. The summed E-state index contributed by atoms with van der Waals surface area (Å²) in [6.45, 7) is 0. The van der Waals surface area contributed by atoms with Gasteiger partial charge in [0.05, 0.1) is 14.2 Å². The molecule has 3 rings (SSSR count). The number of aliphatic imine (C=N–C) groups is 1. The standard InChI is InChI=1S/C21H20N2O3S/c1-22-11-14-12-23-20(21(24)13-6-5-7-15(8-13)27-4)17-10-19(26-3)18(25-2)9-16(14)17/h5-12H,1-4H3. The molecule has 0 fully saturated rings. The fourth-order valence-corrected chi connectivity index (χ4v) is 3.37. The quantitative estimate of drug-likeness (QED) is 0.363. The van der Waals surface area contributed by atoms with Gasteiger partial charge in [-0.1, -0.05) is 12.1 Å². The number of thioether (sulfide) groups is 1. The lowest BCUT2D eigenvalue weighted by molar-refractivity contribution is 0.103. The number of benzene rings is 2. The van der Waals surface area contributed by atoms with E-state index in [1.165, 1.54) is 0 Å². The highest BCUT2D eigenvalue weighted by Crippen LogP contribution is 2.35. The Morgan fingerprint density at radius 3 is 2.44 bits per heavy atom. The molecule has 0 saturated heterocycles. The minimum Gasteiger partial charge on any atom is -0.493 e. The second kappa shape index (κ2) is 8.22. The molecule has 5 nitrogen and oxygen atoms in total. The normalized spacial score (nSPS) is 11.1. The summed E-state index contributed by atoms with van der Waals surface area (Å²) in [6, 6.07) is 11.2. The number of ether oxygens (including phenoxy) is 2. The monoisotopic (exact) mass is 380 g/mol. The molecule has 6 heteroatoms. The molecule has 0 bridgehead atoms. The predicted molar refractivity (Wildman–Crippen MR) is 110 cm³/mol. The van der Waals surface area contributed by atoms with E-state index in [0.29, 0.717) is 28.1 Å². The van der Waals surface area contributed by atoms with Crippen LogP contribution in [0.4, 0.5) is 0 Å². The molecule has 0 unspecified atom stereocenters. The van der Waals surface area contributed by atoms with Gasteiger partial charge in [-0.15, -0.1) is 11.8 Å². The number of pyridine rings is 1. The molecule has 0 spiro atoms. The maximum Gasteiger partial charge on any atom is 0.212 e. The van der Waals surface area contributed by atoms with E-state index in [1.54, 1.807) is 57.6 Å². The van der Waals surface area contributed by atoms with Gasteiger partial charge in [-0.3, -0.25) is 14.8 Å². The molecule has 2 aromatic carbocycles. The van der Waals surface area contributed by atoms with Crippen LogP contribution in [0.15, 0.2) is 52.5 Å². The molecule has 0 radical (unpaired) electrons. The molecule has 27 heavy (non-hydrogen) atoms. The average molecular weight is 380 g/mol. The molecule has 0 aliphatic heterocycles. The maximum absolute atomic E-state index is 13.2. The number of rotatable bonds is 6. The average Bonchev–Trinajstić information content (AvgIpc) is 2.72. The number of hydrogen-bond acceptors (Lipinski definition) is 6. The van der Waals surface area contributed by atoms with Crippen LogP contribution in [0.2, 0.25) is 0 Å². The lowest BCUT2D eigenvalue weighted by Crippen LogP contribution is -2.07. The van der Waals surface area contributed by atoms with Crippen molar-refractivity contribution in [2.24, 2.45) is 4.99 Å². The number of nitrogens with zero attached hydrogens (tertiary/aromatic N) is 2. The van der Waals surface area contributed by atoms with Gasteiger partial charge in [0.2, 0.25) is 5.78 Å². The number of hydrogen-bond donors (Lipinski definition) is 0. The first kappa shape index (κ1) is 18.9. The van der Waals surface area contributed by atoms with Crippen molar-refractivity contribution >= 4 is 34.5 Å². The van der Waals surface area contributed by atoms with Crippen molar-refractivity contribution in [3.63, 3.8) is 0 Å². The summed E-state index contributed by atoms with van der Waals surface area (Å²) in [5.74, 6) is 0.997. The predicted octanol–water partition coefficient (Wildman–Crippen LogP) is 4.25. The molecule has 1 aromatic heterocycles. The zero-order valence-corrected chi connectivity index (χ0v) is 16.5. The third-order valence-electron chi connectivity index (χ3n) is 4.24. The van der Waals surface area contributed by atoms with Crippen LogP contribution in [0.3, 0.4) is 0 Å². The van der Waals surface area contributed by atoms with Crippen LogP contribution in [0.1, 0.15) is 21.6 Å². The smallest absolute Gasteiger partial charge is 0.212 e. The Bertz CT molecular complexity index is 1030. The highest BCUT2D eigenvalue weighted by Gasteiger charge is 2.19. The molecule has 3 aromatic rings. The highest BCUT2D eigenvalue weighted by atomic mass is 32.2. The molecule has 0 amide bonds. The number of methoxy groups -OCH3 is 2. The zero-order chi connectivity index (χ0) is 19.4. The molecule has 0 saturated carbocycles. The zero-order valence-electron chi connectivity index (χ0n) is 15.6. The van der Waals surface area contributed by atoms with Crippen molar-refractivity contribution in [1.82, 2.24) is 4.98 Å². The van der Waals surface area contributed by atoms with E-state index in [1.807, 2.05) is 30.5 Å². The Morgan fingerprint density at radius 2 is 1.81 bits per heavy atom. The Labute approximate surface area is 162 Å². The van der Waals surface area contributed by atoms with Gasteiger partial charge in [-0.05, 0) is 35.9 Å². The second-order valence-corrected chi connectivity index (χ2v) is 6.64. The van der Waals surface area contributed by atoms with Crippen molar-refractivity contribution < 1.29 is 14.3 Å². The first-order valence-corrected chi connectivity index (χ1v) is 9.51. The number of aromatic nitrogens is 1. The fraction of sp³-hybridized carbons (Fsp3) is 0.190. The maximum atomic E-state index is 13.2. The Balaban J connectivity index is 2.26. The Hall–Kier alpha value is -2.86.